The first-order chi connectivity index (χ1) is 17.6. The molecule has 1 saturated carbocycles. The quantitative estimate of drug-likeness (QED) is 0.532. The maximum Gasteiger partial charge on any atom is 0.269 e. The van der Waals surface area contributed by atoms with Crippen LogP contribution in [-0.4, -0.2) is 72.4 Å². The zero-order valence-electron chi connectivity index (χ0n) is 20.8. The Kier molecular flexibility index (Phi) is 7.41. The number of morpholine rings is 1. The largest absolute Gasteiger partial charge is 0.489 e. The SMILES string of the molecule is CNC(=O)c1ccnc(CC2CCC(Oc3cc(N4CCOCC4)cc4ncnc(OC)c34)CC2)n1. The first kappa shape index (κ1) is 24.2. The number of hydrogen-bond donors (Lipinski definition) is 1. The molecule has 0 radical (unpaired) electrons. The minimum absolute atomic E-state index is 0.0902. The highest BCUT2D eigenvalue weighted by Gasteiger charge is 2.26. The number of methoxy groups -OCH3 is 1. The number of aromatic nitrogens is 4. The van der Waals surface area contributed by atoms with Crippen molar-refractivity contribution in [1.82, 2.24) is 25.3 Å². The van der Waals surface area contributed by atoms with E-state index in [1.54, 1.807) is 26.4 Å². The van der Waals surface area contributed by atoms with Crippen molar-refractivity contribution in [2.45, 2.75) is 38.2 Å². The third-order valence-electron chi connectivity index (χ3n) is 6.95. The molecule has 1 saturated heterocycles. The molecule has 1 aliphatic carbocycles. The van der Waals surface area contributed by atoms with Gasteiger partial charge in [-0.15, -0.1) is 0 Å². The van der Waals surface area contributed by atoms with Gasteiger partial charge in [0.25, 0.3) is 5.91 Å². The van der Waals surface area contributed by atoms with Crippen molar-refractivity contribution in [2.75, 3.05) is 45.4 Å². The second kappa shape index (κ2) is 11.0. The van der Waals surface area contributed by atoms with Gasteiger partial charge < -0.3 is 24.4 Å². The van der Waals surface area contributed by atoms with Crippen molar-refractivity contribution in [1.29, 1.82) is 0 Å². The molecule has 2 aliphatic rings. The summed E-state index contributed by atoms with van der Waals surface area (Å²) in [5.74, 6) is 2.26. The molecular formula is C26H32N6O4. The lowest BCUT2D eigenvalue weighted by Crippen LogP contribution is -2.36. The summed E-state index contributed by atoms with van der Waals surface area (Å²) in [6.45, 7) is 3.09. The van der Waals surface area contributed by atoms with Gasteiger partial charge in [-0.1, -0.05) is 0 Å². The molecule has 1 amide bonds. The fourth-order valence-corrected chi connectivity index (χ4v) is 5.01. The van der Waals surface area contributed by atoms with Gasteiger partial charge in [-0.3, -0.25) is 4.79 Å². The molecule has 10 nitrogen and oxygen atoms in total. The van der Waals surface area contributed by atoms with Gasteiger partial charge in [0, 0.05) is 44.5 Å². The molecule has 0 unspecified atom stereocenters. The minimum Gasteiger partial charge on any atom is -0.489 e. The van der Waals surface area contributed by atoms with E-state index in [0.717, 1.165) is 67.5 Å². The summed E-state index contributed by atoms with van der Waals surface area (Å²) in [4.78, 5) is 31.8. The zero-order valence-corrected chi connectivity index (χ0v) is 20.8. The Morgan fingerprint density at radius 3 is 2.69 bits per heavy atom. The molecule has 0 atom stereocenters. The number of amides is 1. The van der Waals surface area contributed by atoms with Crippen LogP contribution < -0.4 is 19.7 Å². The van der Waals surface area contributed by atoms with Crippen molar-refractivity contribution >= 4 is 22.5 Å². The molecule has 36 heavy (non-hydrogen) atoms. The lowest BCUT2D eigenvalue weighted by Gasteiger charge is -2.31. The minimum atomic E-state index is -0.193. The maximum atomic E-state index is 11.9. The highest BCUT2D eigenvalue weighted by atomic mass is 16.5. The van der Waals surface area contributed by atoms with Crippen LogP contribution >= 0.6 is 0 Å². The number of anilines is 1. The third-order valence-corrected chi connectivity index (χ3v) is 6.95. The number of benzene rings is 1. The van der Waals surface area contributed by atoms with Crippen LogP contribution in [0.5, 0.6) is 11.6 Å². The first-order valence-electron chi connectivity index (χ1n) is 12.5. The number of nitrogens with zero attached hydrogens (tertiary/aromatic N) is 5. The summed E-state index contributed by atoms with van der Waals surface area (Å²) in [5, 5.41) is 3.42. The van der Waals surface area contributed by atoms with E-state index >= 15 is 0 Å². The number of hydrogen-bond acceptors (Lipinski definition) is 9. The van der Waals surface area contributed by atoms with Crippen LogP contribution in [0.25, 0.3) is 10.9 Å². The molecule has 0 spiro atoms. The second-order valence-corrected chi connectivity index (χ2v) is 9.22. The third kappa shape index (κ3) is 5.33. The van der Waals surface area contributed by atoms with E-state index in [1.807, 2.05) is 0 Å². The van der Waals surface area contributed by atoms with Crippen LogP contribution in [0.1, 0.15) is 42.0 Å². The molecule has 1 aromatic carbocycles. The lowest BCUT2D eigenvalue weighted by atomic mass is 9.85. The first-order valence-corrected chi connectivity index (χ1v) is 12.5. The molecule has 190 valence electrons. The summed E-state index contributed by atoms with van der Waals surface area (Å²) >= 11 is 0. The van der Waals surface area contributed by atoms with Crippen LogP contribution in [0.15, 0.2) is 30.7 Å². The van der Waals surface area contributed by atoms with Crippen molar-refractivity contribution in [3.05, 3.63) is 42.2 Å². The molecule has 2 aromatic heterocycles. The molecule has 10 heteroatoms. The fourth-order valence-electron chi connectivity index (χ4n) is 5.01. The number of nitrogens with one attached hydrogen (secondary N) is 1. The highest BCUT2D eigenvalue weighted by molar-refractivity contribution is 5.93. The van der Waals surface area contributed by atoms with Crippen LogP contribution in [0.2, 0.25) is 0 Å². The van der Waals surface area contributed by atoms with Crippen LogP contribution in [-0.2, 0) is 11.2 Å². The van der Waals surface area contributed by atoms with Crippen LogP contribution in [0.4, 0.5) is 5.69 Å². The molecular weight excluding hydrogens is 460 g/mol. The lowest BCUT2D eigenvalue weighted by molar-refractivity contribution is 0.0957. The summed E-state index contributed by atoms with van der Waals surface area (Å²) < 4.78 is 17.7. The molecule has 1 N–H and O–H groups in total. The normalized spacial score (nSPS) is 20.2. The number of fused-ring (bicyclic) bond motifs is 1. The Morgan fingerprint density at radius 1 is 1.14 bits per heavy atom. The van der Waals surface area contributed by atoms with Crippen molar-refractivity contribution < 1.29 is 19.0 Å². The Balaban J connectivity index is 1.30. The smallest absolute Gasteiger partial charge is 0.269 e. The highest BCUT2D eigenvalue weighted by Crippen LogP contribution is 2.38. The predicted molar refractivity (Wildman–Crippen MR) is 135 cm³/mol. The van der Waals surface area contributed by atoms with E-state index in [4.69, 9.17) is 14.2 Å². The Hall–Kier alpha value is -3.53. The summed E-state index contributed by atoms with van der Waals surface area (Å²) in [6.07, 6.45) is 7.91. The summed E-state index contributed by atoms with van der Waals surface area (Å²) in [7, 11) is 3.22. The average molecular weight is 493 g/mol. The molecule has 0 bridgehead atoms. The number of ether oxygens (including phenoxy) is 3. The summed E-state index contributed by atoms with van der Waals surface area (Å²) in [6, 6.07) is 5.80. The van der Waals surface area contributed by atoms with E-state index < -0.39 is 0 Å². The van der Waals surface area contributed by atoms with E-state index in [-0.39, 0.29) is 12.0 Å². The monoisotopic (exact) mass is 492 g/mol. The van der Waals surface area contributed by atoms with Gasteiger partial charge in [0.15, 0.2) is 0 Å². The van der Waals surface area contributed by atoms with Crippen molar-refractivity contribution in [3.63, 3.8) is 0 Å². The van der Waals surface area contributed by atoms with E-state index in [1.165, 1.54) is 6.33 Å². The van der Waals surface area contributed by atoms with Crippen molar-refractivity contribution in [3.8, 4) is 11.6 Å². The van der Waals surface area contributed by atoms with Gasteiger partial charge in [0.05, 0.1) is 31.9 Å². The number of carbonyl (C=O) groups is 1. The predicted octanol–water partition coefficient (Wildman–Crippen LogP) is 2.80. The van der Waals surface area contributed by atoms with Gasteiger partial charge in [0.1, 0.15) is 29.0 Å². The Labute approximate surface area is 210 Å². The van der Waals surface area contributed by atoms with Crippen LogP contribution in [0.3, 0.4) is 0 Å². The zero-order chi connectivity index (χ0) is 24.9. The molecule has 3 heterocycles. The number of rotatable bonds is 7. The molecule has 3 aromatic rings. The van der Waals surface area contributed by atoms with Gasteiger partial charge in [-0.25, -0.2) is 19.9 Å². The number of carbonyl (C=O) groups excluding carboxylic acids is 1. The van der Waals surface area contributed by atoms with E-state index in [0.29, 0.717) is 36.5 Å². The van der Waals surface area contributed by atoms with Gasteiger partial charge >= 0.3 is 0 Å². The van der Waals surface area contributed by atoms with Crippen LogP contribution in [0, 0.1) is 5.92 Å². The maximum absolute atomic E-state index is 11.9. The molecule has 5 rings (SSSR count). The summed E-state index contributed by atoms with van der Waals surface area (Å²) in [5.41, 5.74) is 2.29. The van der Waals surface area contributed by atoms with Gasteiger partial charge in [-0.2, -0.15) is 0 Å². The van der Waals surface area contributed by atoms with E-state index in [9.17, 15) is 4.79 Å². The average Bonchev–Trinajstić information content (AvgIpc) is 2.93. The van der Waals surface area contributed by atoms with E-state index in [2.05, 4.69) is 42.3 Å². The van der Waals surface area contributed by atoms with Crippen molar-refractivity contribution in [2.24, 2.45) is 5.92 Å². The Morgan fingerprint density at radius 2 is 1.94 bits per heavy atom. The molecule has 1 aliphatic heterocycles. The fraction of sp³-hybridized carbons (Fsp3) is 0.500. The van der Waals surface area contributed by atoms with Gasteiger partial charge in [-0.05, 0) is 43.7 Å². The van der Waals surface area contributed by atoms with Gasteiger partial charge in [0.2, 0.25) is 5.88 Å². The second-order valence-electron chi connectivity index (χ2n) is 9.22. The standard InChI is InChI=1S/C26H32N6O4/c1-27-25(33)20-7-8-28-23(31-20)13-17-3-5-19(6-4-17)36-22-15-18(32-9-11-35-12-10-32)14-21-24(22)26(34-2)30-16-29-21/h7-8,14-17,19H,3-6,9-13H2,1-2H3,(H,27,33). The Bertz CT molecular complexity index is 1210. The molecule has 2 fully saturated rings. The topological polar surface area (TPSA) is 112 Å².